The predicted octanol–water partition coefficient (Wildman–Crippen LogP) is 1.46. The van der Waals surface area contributed by atoms with Gasteiger partial charge in [0.05, 0.1) is 12.5 Å². The van der Waals surface area contributed by atoms with Crippen molar-refractivity contribution in [3.63, 3.8) is 0 Å². The van der Waals surface area contributed by atoms with Gasteiger partial charge >= 0.3 is 0 Å². The van der Waals surface area contributed by atoms with E-state index in [9.17, 15) is 0 Å². The van der Waals surface area contributed by atoms with E-state index in [-0.39, 0.29) is 0 Å². The van der Waals surface area contributed by atoms with Gasteiger partial charge in [0.15, 0.2) is 0 Å². The summed E-state index contributed by atoms with van der Waals surface area (Å²) in [5, 5.41) is 8.69. The van der Waals surface area contributed by atoms with Crippen molar-refractivity contribution in [1.29, 1.82) is 5.26 Å². The van der Waals surface area contributed by atoms with Gasteiger partial charge in [-0.2, -0.15) is 5.26 Å². The second kappa shape index (κ2) is 4.96. The molecule has 0 aromatic carbocycles. The molecule has 0 spiro atoms. The van der Waals surface area contributed by atoms with Crippen LogP contribution in [-0.4, -0.2) is 48.1 Å². The van der Waals surface area contributed by atoms with Crippen LogP contribution in [0.5, 0.6) is 0 Å². The zero-order valence-corrected chi connectivity index (χ0v) is 9.65. The summed E-state index contributed by atoms with van der Waals surface area (Å²) in [6, 6.07) is 3.49. The van der Waals surface area contributed by atoms with Gasteiger partial charge in [-0.15, -0.1) is 0 Å². The van der Waals surface area contributed by atoms with Crippen molar-refractivity contribution >= 4 is 0 Å². The van der Waals surface area contributed by atoms with E-state index in [2.05, 4.69) is 22.8 Å². The van der Waals surface area contributed by atoms with E-state index in [1.54, 1.807) is 0 Å². The van der Waals surface area contributed by atoms with Crippen LogP contribution in [0.3, 0.4) is 0 Å². The van der Waals surface area contributed by atoms with Crippen LogP contribution in [0.4, 0.5) is 0 Å². The summed E-state index contributed by atoms with van der Waals surface area (Å²) in [6.45, 7) is 7.14. The summed E-state index contributed by atoms with van der Waals surface area (Å²) >= 11 is 0. The first-order valence-electron chi connectivity index (χ1n) is 6.16. The van der Waals surface area contributed by atoms with E-state index in [1.807, 2.05) is 0 Å². The molecule has 2 aliphatic rings. The van der Waals surface area contributed by atoms with Gasteiger partial charge in [-0.1, -0.05) is 0 Å². The van der Waals surface area contributed by atoms with Gasteiger partial charge in [0.1, 0.15) is 0 Å². The Balaban J connectivity index is 1.81. The lowest BCUT2D eigenvalue weighted by atomic mass is 10.2. The molecular weight excluding hydrogens is 186 g/mol. The number of nitriles is 1. The Morgan fingerprint density at radius 3 is 2.73 bits per heavy atom. The standard InChI is InChI=1S/C12H21N3/c1-11(4-6-13)15-9-5-12(10-15)14-7-2-3-8-14/h11-12H,2-5,7-10H2,1H3. The normalized spacial score (nSPS) is 30.5. The SMILES string of the molecule is CC(CC#N)N1CCC(N2CCCC2)C1. The minimum atomic E-state index is 0.447. The molecule has 2 unspecified atom stereocenters. The molecule has 84 valence electrons. The van der Waals surface area contributed by atoms with Crippen LogP contribution < -0.4 is 0 Å². The van der Waals surface area contributed by atoms with E-state index in [1.165, 1.54) is 45.4 Å². The average molecular weight is 207 g/mol. The van der Waals surface area contributed by atoms with Crippen molar-refractivity contribution in [2.45, 2.75) is 44.7 Å². The molecule has 0 bridgehead atoms. The van der Waals surface area contributed by atoms with Crippen LogP contribution in [0.2, 0.25) is 0 Å². The van der Waals surface area contributed by atoms with Crippen LogP contribution >= 0.6 is 0 Å². The second-order valence-corrected chi connectivity index (χ2v) is 4.89. The van der Waals surface area contributed by atoms with E-state index in [0.717, 1.165) is 6.04 Å². The minimum Gasteiger partial charge on any atom is -0.299 e. The quantitative estimate of drug-likeness (QED) is 0.702. The molecule has 3 heteroatoms. The van der Waals surface area contributed by atoms with E-state index < -0.39 is 0 Å². The maximum Gasteiger partial charge on any atom is 0.0638 e. The topological polar surface area (TPSA) is 30.3 Å². The maximum absolute atomic E-state index is 8.69. The molecule has 2 heterocycles. The van der Waals surface area contributed by atoms with Crippen molar-refractivity contribution in [2.75, 3.05) is 26.2 Å². The molecule has 0 aliphatic carbocycles. The molecule has 0 radical (unpaired) electrons. The van der Waals surface area contributed by atoms with Gasteiger partial charge in [-0.3, -0.25) is 9.80 Å². The highest BCUT2D eigenvalue weighted by atomic mass is 15.3. The summed E-state index contributed by atoms with van der Waals surface area (Å²) < 4.78 is 0. The molecule has 3 nitrogen and oxygen atoms in total. The van der Waals surface area contributed by atoms with Crippen molar-refractivity contribution < 1.29 is 0 Å². The molecule has 0 N–H and O–H groups in total. The highest BCUT2D eigenvalue weighted by molar-refractivity contribution is 4.89. The number of nitrogens with zero attached hydrogens (tertiary/aromatic N) is 3. The fraction of sp³-hybridized carbons (Fsp3) is 0.917. The number of likely N-dealkylation sites (tertiary alicyclic amines) is 2. The lowest BCUT2D eigenvalue weighted by molar-refractivity contribution is 0.208. The van der Waals surface area contributed by atoms with Crippen LogP contribution in [0.1, 0.15) is 32.6 Å². The smallest absolute Gasteiger partial charge is 0.0638 e. The Hall–Kier alpha value is -0.590. The van der Waals surface area contributed by atoms with Crippen molar-refractivity contribution in [3.05, 3.63) is 0 Å². The van der Waals surface area contributed by atoms with Crippen molar-refractivity contribution in [2.24, 2.45) is 0 Å². The van der Waals surface area contributed by atoms with E-state index in [0.29, 0.717) is 12.5 Å². The molecule has 0 saturated carbocycles. The molecule has 0 amide bonds. The highest BCUT2D eigenvalue weighted by Crippen LogP contribution is 2.22. The highest BCUT2D eigenvalue weighted by Gasteiger charge is 2.30. The molecule has 2 fully saturated rings. The lowest BCUT2D eigenvalue weighted by Gasteiger charge is -2.25. The summed E-state index contributed by atoms with van der Waals surface area (Å²) in [7, 11) is 0. The van der Waals surface area contributed by atoms with Gasteiger partial charge in [0.25, 0.3) is 0 Å². The number of hydrogen-bond donors (Lipinski definition) is 0. The molecule has 0 aromatic heterocycles. The molecule has 15 heavy (non-hydrogen) atoms. The monoisotopic (exact) mass is 207 g/mol. The fourth-order valence-electron chi connectivity index (χ4n) is 2.83. The zero-order chi connectivity index (χ0) is 10.7. The molecule has 2 atom stereocenters. The van der Waals surface area contributed by atoms with Gasteiger partial charge in [-0.25, -0.2) is 0 Å². The number of hydrogen-bond acceptors (Lipinski definition) is 3. The van der Waals surface area contributed by atoms with Gasteiger partial charge in [0, 0.05) is 25.2 Å². The zero-order valence-electron chi connectivity index (χ0n) is 9.65. The number of rotatable bonds is 3. The van der Waals surface area contributed by atoms with Crippen molar-refractivity contribution in [1.82, 2.24) is 9.80 Å². The summed E-state index contributed by atoms with van der Waals surface area (Å²) in [5.74, 6) is 0. The molecule has 2 aliphatic heterocycles. The third-order valence-electron chi connectivity index (χ3n) is 3.86. The van der Waals surface area contributed by atoms with E-state index in [4.69, 9.17) is 5.26 Å². The summed E-state index contributed by atoms with van der Waals surface area (Å²) in [4.78, 5) is 5.12. The minimum absolute atomic E-state index is 0.447. The summed E-state index contributed by atoms with van der Waals surface area (Å²) in [5.41, 5.74) is 0. The predicted molar refractivity (Wildman–Crippen MR) is 60.5 cm³/mol. The Morgan fingerprint density at radius 1 is 1.33 bits per heavy atom. The van der Waals surface area contributed by atoms with Crippen LogP contribution in [0.25, 0.3) is 0 Å². The third kappa shape index (κ3) is 2.50. The molecule has 0 aromatic rings. The second-order valence-electron chi connectivity index (χ2n) is 4.89. The van der Waals surface area contributed by atoms with Gasteiger partial charge in [-0.05, 0) is 39.3 Å². The Kier molecular flexibility index (Phi) is 3.61. The largest absolute Gasteiger partial charge is 0.299 e. The molecule has 2 rings (SSSR count). The fourth-order valence-corrected chi connectivity index (χ4v) is 2.83. The van der Waals surface area contributed by atoms with Gasteiger partial charge < -0.3 is 0 Å². The lowest BCUT2D eigenvalue weighted by Crippen LogP contribution is -2.37. The summed E-state index contributed by atoms with van der Waals surface area (Å²) in [6.07, 6.45) is 4.73. The molecule has 2 saturated heterocycles. The third-order valence-corrected chi connectivity index (χ3v) is 3.86. The first kappa shape index (κ1) is 10.9. The van der Waals surface area contributed by atoms with E-state index >= 15 is 0 Å². The van der Waals surface area contributed by atoms with Crippen LogP contribution in [-0.2, 0) is 0 Å². The Labute approximate surface area is 92.7 Å². The van der Waals surface area contributed by atoms with Crippen LogP contribution in [0.15, 0.2) is 0 Å². The average Bonchev–Trinajstić information content (AvgIpc) is 2.89. The van der Waals surface area contributed by atoms with Gasteiger partial charge in [0.2, 0.25) is 0 Å². The first-order chi connectivity index (χ1) is 7.31. The molecular formula is C12H21N3. The Morgan fingerprint density at radius 2 is 2.07 bits per heavy atom. The first-order valence-corrected chi connectivity index (χ1v) is 6.16. The van der Waals surface area contributed by atoms with Crippen LogP contribution in [0, 0.1) is 11.3 Å². The Bertz CT molecular complexity index is 240. The van der Waals surface area contributed by atoms with Crippen molar-refractivity contribution in [3.8, 4) is 6.07 Å². The maximum atomic E-state index is 8.69.